The molecule has 0 aromatic rings. The first-order valence-electron chi connectivity index (χ1n) is 4.71. The lowest BCUT2D eigenvalue weighted by molar-refractivity contribution is -0.198. The van der Waals surface area contributed by atoms with E-state index >= 15 is 0 Å². The van der Waals surface area contributed by atoms with Gasteiger partial charge in [-0.05, 0) is 19.3 Å². The van der Waals surface area contributed by atoms with Gasteiger partial charge in [-0.1, -0.05) is 0 Å². The maximum absolute atomic E-state index is 5.68. The van der Waals surface area contributed by atoms with Crippen LogP contribution in [0.15, 0.2) is 0 Å². The molecule has 1 atom stereocenters. The smallest absolute Gasteiger partial charge is 0.147 e. The summed E-state index contributed by atoms with van der Waals surface area (Å²) in [4.78, 5) is 0. The average molecular weight is 172 g/mol. The summed E-state index contributed by atoms with van der Waals surface area (Å²) < 4.78 is 16.3. The molecule has 0 amide bonds. The van der Waals surface area contributed by atoms with Gasteiger partial charge in [0.05, 0.1) is 12.2 Å². The SMILES string of the molecule is C1COCCC2(C1)CCOCO2. The molecule has 0 aromatic heterocycles. The first-order valence-corrected chi connectivity index (χ1v) is 4.71. The normalized spacial score (nSPS) is 38.0. The van der Waals surface area contributed by atoms with Crippen molar-refractivity contribution in [3.63, 3.8) is 0 Å². The summed E-state index contributed by atoms with van der Waals surface area (Å²) in [5.74, 6) is 0. The van der Waals surface area contributed by atoms with Crippen molar-refractivity contribution in [3.05, 3.63) is 0 Å². The number of rotatable bonds is 0. The fourth-order valence-electron chi connectivity index (χ4n) is 1.93. The van der Waals surface area contributed by atoms with Gasteiger partial charge in [0.25, 0.3) is 0 Å². The highest BCUT2D eigenvalue weighted by Gasteiger charge is 2.34. The second kappa shape index (κ2) is 3.73. The largest absolute Gasteiger partial charge is 0.381 e. The van der Waals surface area contributed by atoms with Gasteiger partial charge in [0.15, 0.2) is 0 Å². The maximum atomic E-state index is 5.68. The standard InChI is InChI=1S/C9H16O3/c1-2-9(3-6-10-5-1)4-7-11-8-12-9/h1-8H2. The van der Waals surface area contributed by atoms with Gasteiger partial charge in [-0.2, -0.15) is 0 Å². The molecule has 2 aliphatic rings. The van der Waals surface area contributed by atoms with Gasteiger partial charge in [0, 0.05) is 19.6 Å². The van der Waals surface area contributed by atoms with Gasteiger partial charge in [0.1, 0.15) is 6.79 Å². The van der Waals surface area contributed by atoms with Crippen LogP contribution in [0.1, 0.15) is 25.7 Å². The molecule has 2 fully saturated rings. The molecule has 3 heteroatoms. The van der Waals surface area contributed by atoms with E-state index in [2.05, 4.69) is 0 Å². The highest BCUT2D eigenvalue weighted by Crippen LogP contribution is 2.31. The third-order valence-corrected chi connectivity index (χ3v) is 2.77. The molecule has 2 heterocycles. The topological polar surface area (TPSA) is 27.7 Å². The fraction of sp³-hybridized carbons (Fsp3) is 1.00. The molecular formula is C9H16O3. The zero-order valence-electron chi connectivity index (χ0n) is 7.38. The van der Waals surface area contributed by atoms with E-state index in [9.17, 15) is 0 Å². The Kier molecular flexibility index (Phi) is 2.63. The van der Waals surface area contributed by atoms with Gasteiger partial charge in [0.2, 0.25) is 0 Å². The molecule has 0 N–H and O–H groups in total. The van der Waals surface area contributed by atoms with E-state index in [4.69, 9.17) is 14.2 Å². The van der Waals surface area contributed by atoms with Crippen molar-refractivity contribution in [1.82, 2.24) is 0 Å². The summed E-state index contributed by atoms with van der Waals surface area (Å²) in [5.41, 5.74) is 0.0920. The van der Waals surface area contributed by atoms with E-state index in [0.29, 0.717) is 6.79 Å². The van der Waals surface area contributed by atoms with E-state index in [1.54, 1.807) is 0 Å². The molecule has 3 nitrogen and oxygen atoms in total. The molecule has 2 saturated heterocycles. The molecule has 0 saturated carbocycles. The summed E-state index contributed by atoms with van der Waals surface area (Å²) in [7, 11) is 0. The van der Waals surface area contributed by atoms with Crippen LogP contribution in [0.4, 0.5) is 0 Å². The monoisotopic (exact) mass is 172 g/mol. The minimum atomic E-state index is 0.0920. The third-order valence-electron chi connectivity index (χ3n) is 2.77. The van der Waals surface area contributed by atoms with E-state index in [-0.39, 0.29) is 5.60 Å². The molecule has 12 heavy (non-hydrogen) atoms. The van der Waals surface area contributed by atoms with Gasteiger partial charge < -0.3 is 14.2 Å². The van der Waals surface area contributed by atoms with E-state index in [0.717, 1.165) is 45.5 Å². The predicted octanol–water partition coefficient (Wildman–Crippen LogP) is 1.32. The van der Waals surface area contributed by atoms with Gasteiger partial charge in [-0.3, -0.25) is 0 Å². The van der Waals surface area contributed by atoms with Crippen LogP contribution in [0.25, 0.3) is 0 Å². The van der Waals surface area contributed by atoms with E-state index in [1.807, 2.05) is 0 Å². The van der Waals surface area contributed by atoms with Crippen LogP contribution >= 0.6 is 0 Å². The van der Waals surface area contributed by atoms with Crippen LogP contribution in [0, 0.1) is 0 Å². The number of hydrogen-bond acceptors (Lipinski definition) is 3. The molecule has 0 radical (unpaired) electrons. The molecular weight excluding hydrogens is 156 g/mol. The highest BCUT2D eigenvalue weighted by atomic mass is 16.7. The number of hydrogen-bond donors (Lipinski definition) is 0. The summed E-state index contributed by atoms with van der Waals surface area (Å²) in [6.07, 6.45) is 4.34. The second-order valence-corrected chi connectivity index (χ2v) is 3.57. The quantitative estimate of drug-likeness (QED) is 0.551. The zero-order chi connectivity index (χ0) is 8.28. The van der Waals surface area contributed by atoms with Gasteiger partial charge in [-0.25, -0.2) is 0 Å². The van der Waals surface area contributed by atoms with Crippen molar-refractivity contribution in [2.24, 2.45) is 0 Å². The van der Waals surface area contributed by atoms with Crippen molar-refractivity contribution in [1.29, 1.82) is 0 Å². The Hall–Kier alpha value is -0.120. The summed E-state index contributed by atoms with van der Waals surface area (Å²) in [6, 6.07) is 0. The minimum absolute atomic E-state index is 0.0920. The minimum Gasteiger partial charge on any atom is -0.381 e. The highest BCUT2D eigenvalue weighted by molar-refractivity contribution is 4.83. The molecule has 0 bridgehead atoms. The maximum Gasteiger partial charge on any atom is 0.147 e. The number of ether oxygens (including phenoxy) is 3. The summed E-state index contributed by atoms with van der Waals surface area (Å²) in [6.45, 7) is 3.06. The molecule has 70 valence electrons. The van der Waals surface area contributed by atoms with E-state index < -0.39 is 0 Å². The Labute approximate surface area is 73.0 Å². The van der Waals surface area contributed by atoms with Crippen LogP contribution in [-0.4, -0.2) is 32.2 Å². The van der Waals surface area contributed by atoms with Crippen LogP contribution in [0.2, 0.25) is 0 Å². The van der Waals surface area contributed by atoms with Crippen molar-refractivity contribution >= 4 is 0 Å². The van der Waals surface area contributed by atoms with Crippen LogP contribution in [0.3, 0.4) is 0 Å². The average Bonchev–Trinajstić information content (AvgIpc) is 2.33. The molecule has 0 aromatic carbocycles. The van der Waals surface area contributed by atoms with Crippen molar-refractivity contribution in [2.75, 3.05) is 26.6 Å². The molecule has 1 unspecified atom stereocenters. The summed E-state index contributed by atoms with van der Waals surface area (Å²) in [5, 5.41) is 0. The lowest BCUT2D eigenvalue weighted by Crippen LogP contribution is -2.39. The first kappa shape index (κ1) is 8.48. The molecule has 1 spiro atoms. The van der Waals surface area contributed by atoms with E-state index in [1.165, 1.54) is 0 Å². The van der Waals surface area contributed by atoms with Gasteiger partial charge in [-0.15, -0.1) is 0 Å². The van der Waals surface area contributed by atoms with Crippen LogP contribution < -0.4 is 0 Å². The fourth-order valence-corrected chi connectivity index (χ4v) is 1.93. The Morgan fingerprint density at radius 3 is 2.50 bits per heavy atom. The van der Waals surface area contributed by atoms with Crippen LogP contribution in [-0.2, 0) is 14.2 Å². The molecule has 0 aliphatic carbocycles. The Morgan fingerprint density at radius 1 is 0.833 bits per heavy atom. The predicted molar refractivity (Wildman–Crippen MR) is 43.9 cm³/mol. The van der Waals surface area contributed by atoms with Crippen molar-refractivity contribution in [3.8, 4) is 0 Å². The Morgan fingerprint density at radius 2 is 1.67 bits per heavy atom. The third kappa shape index (κ3) is 1.79. The second-order valence-electron chi connectivity index (χ2n) is 3.57. The van der Waals surface area contributed by atoms with Crippen molar-refractivity contribution in [2.45, 2.75) is 31.3 Å². The lowest BCUT2D eigenvalue weighted by atomic mass is 9.91. The Balaban J connectivity index is 1.95. The molecule has 2 aliphatic heterocycles. The Bertz CT molecular complexity index is 131. The lowest BCUT2D eigenvalue weighted by Gasteiger charge is -2.35. The summed E-state index contributed by atoms with van der Waals surface area (Å²) >= 11 is 0. The van der Waals surface area contributed by atoms with Crippen LogP contribution in [0.5, 0.6) is 0 Å². The molecule has 2 rings (SSSR count). The van der Waals surface area contributed by atoms with Crippen molar-refractivity contribution < 1.29 is 14.2 Å². The zero-order valence-corrected chi connectivity index (χ0v) is 7.38. The van der Waals surface area contributed by atoms with Gasteiger partial charge >= 0.3 is 0 Å². The first-order chi connectivity index (χ1) is 5.91.